The molecule has 0 aliphatic carbocycles. The van der Waals surface area contributed by atoms with E-state index in [0.717, 1.165) is 6.42 Å². The highest BCUT2D eigenvalue weighted by Crippen LogP contribution is 2.17. The molecule has 0 bridgehead atoms. The number of hydrogen-bond acceptors (Lipinski definition) is 1. The fourth-order valence-electron chi connectivity index (χ4n) is 1.49. The number of allylic oxidation sites excluding steroid dienone is 2. The number of benzene rings is 1. The number of nitrogens with zero attached hydrogens (tertiary/aromatic N) is 1. The molecule has 0 spiro atoms. The monoisotopic (exact) mass is 187 g/mol. The summed E-state index contributed by atoms with van der Waals surface area (Å²) in [6.07, 6.45) is 5.16. The highest BCUT2D eigenvalue weighted by Gasteiger charge is 2.00. The standard InChI is InChI=1S/C13H17N/c1-4-7-12(10-14-3)13-9-6-5-8-11(13)2/h5-10H,4H2,1-3H3/b12-7+,14-10?. The molecule has 0 aromatic heterocycles. The van der Waals surface area contributed by atoms with Gasteiger partial charge in [-0.1, -0.05) is 37.3 Å². The van der Waals surface area contributed by atoms with Crippen LogP contribution in [0.2, 0.25) is 0 Å². The Morgan fingerprint density at radius 3 is 2.64 bits per heavy atom. The van der Waals surface area contributed by atoms with Crippen molar-refractivity contribution in [2.24, 2.45) is 4.99 Å². The molecule has 0 N–H and O–H groups in total. The SMILES string of the molecule is CC/C=C(\C=NC)c1ccccc1C. The van der Waals surface area contributed by atoms with Gasteiger partial charge in [0.1, 0.15) is 0 Å². The summed E-state index contributed by atoms with van der Waals surface area (Å²) in [5, 5.41) is 0. The maximum Gasteiger partial charge on any atom is 0.0284 e. The van der Waals surface area contributed by atoms with Gasteiger partial charge in [0.2, 0.25) is 0 Å². The molecule has 1 heteroatoms. The zero-order valence-electron chi connectivity index (χ0n) is 9.12. The van der Waals surface area contributed by atoms with E-state index in [1.807, 2.05) is 13.3 Å². The largest absolute Gasteiger partial charge is 0.296 e. The van der Waals surface area contributed by atoms with Gasteiger partial charge in [-0.25, -0.2) is 0 Å². The Kier molecular flexibility index (Phi) is 4.11. The molecule has 14 heavy (non-hydrogen) atoms. The Labute approximate surface area is 86.2 Å². The average Bonchev–Trinajstić information content (AvgIpc) is 2.18. The van der Waals surface area contributed by atoms with Crippen molar-refractivity contribution in [2.45, 2.75) is 20.3 Å². The topological polar surface area (TPSA) is 12.4 Å². The summed E-state index contributed by atoms with van der Waals surface area (Å²) in [5.74, 6) is 0. The van der Waals surface area contributed by atoms with Gasteiger partial charge < -0.3 is 0 Å². The summed E-state index contributed by atoms with van der Waals surface area (Å²) in [6.45, 7) is 4.27. The normalized spacial score (nSPS) is 12.4. The molecule has 0 saturated heterocycles. The highest BCUT2D eigenvalue weighted by atomic mass is 14.6. The van der Waals surface area contributed by atoms with Crippen molar-refractivity contribution in [2.75, 3.05) is 7.05 Å². The molecule has 1 nitrogen and oxygen atoms in total. The molecule has 0 unspecified atom stereocenters. The van der Waals surface area contributed by atoms with E-state index in [0.29, 0.717) is 0 Å². The summed E-state index contributed by atoms with van der Waals surface area (Å²) >= 11 is 0. The van der Waals surface area contributed by atoms with Crippen LogP contribution < -0.4 is 0 Å². The van der Waals surface area contributed by atoms with Crippen molar-refractivity contribution in [1.82, 2.24) is 0 Å². The van der Waals surface area contributed by atoms with Crippen LogP contribution in [-0.2, 0) is 0 Å². The van der Waals surface area contributed by atoms with E-state index < -0.39 is 0 Å². The molecule has 0 heterocycles. The van der Waals surface area contributed by atoms with Gasteiger partial charge >= 0.3 is 0 Å². The van der Waals surface area contributed by atoms with E-state index in [4.69, 9.17) is 0 Å². The Morgan fingerprint density at radius 1 is 1.36 bits per heavy atom. The molecule has 0 saturated carbocycles. The highest BCUT2D eigenvalue weighted by molar-refractivity contribution is 6.10. The van der Waals surface area contributed by atoms with Gasteiger partial charge in [-0.2, -0.15) is 0 Å². The maximum absolute atomic E-state index is 4.08. The molecule has 1 aromatic rings. The zero-order valence-corrected chi connectivity index (χ0v) is 9.12. The minimum absolute atomic E-state index is 1.04. The van der Waals surface area contributed by atoms with Crippen LogP contribution in [0.4, 0.5) is 0 Å². The third-order valence-corrected chi connectivity index (χ3v) is 2.15. The molecule has 74 valence electrons. The van der Waals surface area contributed by atoms with E-state index in [9.17, 15) is 0 Å². The van der Waals surface area contributed by atoms with Crippen molar-refractivity contribution >= 4 is 11.8 Å². The van der Waals surface area contributed by atoms with Crippen LogP contribution in [0.5, 0.6) is 0 Å². The lowest BCUT2D eigenvalue weighted by Gasteiger charge is -2.05. The first kappa shape index (κ1) is 10.7. The van der Waals surface area contributed by atoms with Gasteiger partial charge in [-0.15, -0.1) is 0 Å². The Hall–Kier alpha value is -1.37. The van der Waals surface area contributed by atoms with Crippen LogP contribution in [0.1, 0.15) is 24.5 Å². The van der Waals surface area contributed by atoms with Crippen molar-refractivity contribution in [3.8, 4) is 0 Å². The van der Waals surface area contributed by atoms with Gasteiger partial charge in [0.05, 0.1) is 0 Å². The summed E-state index contributed by atoms with van der Waals surface area (Å²) in [5.41, 5.74) is 3.79. The minimum atomic E-state index is 1.04. The molecule has 1 aromatic carbocycles. The molecular weight excluding hydrogens is 170 g/mol. The first-order valence-electron chi connectivity index (χ1n) is 4.98. The van der Waals surface area contributed by atoms with Crippen LogP contribution in [-0.4, -0.2) is 13.3 Å². The zero-order chi connectivity index (χ0) is 10.4. The third-order valence-electron chi connectivity index (χ3n) is 2.15. The van der Waals surface area contributed by atoms with E-state index in [1.54, 1.807) is 0 Å². The first-order valence-corrected chi connectivity index (χ1v) is 4.98. The smallest absolute Gasteiger partial charge is 0.0284 e. The second kappa shape index (κ2) is 5.38. The van der Waals surface area contributed by atoms with Crippen LogP contribution in [0.25, 0.3) is 5.57 Å². The average molecular weight is 187 g/mol. The fourth-order valence-corrected chi connectivity index (χ4v) is 1.49. The summed E-state index contributed by atoms with van der Waals surface area (Å²) in [7, 11) is 1.81. The summed E-state index contributed by atoms with van der Waals surface area (Å²) < 4.78 is 0. The molecular formula is C13H17N. The Morgan fingerprint density at radius 2 is 2.07 bits per heavy atom. The number of aliphatic imine (C=N–C) groups is 1. The molecule has 1 rings (SSSR count). The van der Waals surface area contributed by atoms with E-state index in [2.05, 4.69) is 49.2 Å². The van der Waals surface area contributed by atoms with Gasteiger partial charge in [-0.05, 0) is 30.0 Å². The minimum Gasteiger partial charge on any atom is -0.296 e. The van der Waals surface area contributed by atoms with Crippen molar-refractivity contribution in [3.05, 3.63) is 41.5 Å². The Bertz CT molecular complexity index is 348. The number of aryl methyl sites for hydroxylation is 1. The molecule has 0 fully saturated rings. The lowest BCUT2D eigenvalue weighted by molar-refractivity contribution is 1.23. The maximum atomic E-state index is 4.08. The van der Waals surface area contributed by atoms with E-state index in [1.165, 1.54) is 16.7 Å². The Balaban J connectivity index is 3.12. The van der Waals surface area contributed by atoms with Crippen LogP contribution in [0.15, 0.2) is 35.3 Å². The van der Waals surface area contributed by atoms with Gasteiger partial charge in [0, 0.05) is 13.3 Å². The van der Waals surface area contributed by atoms with E-state index >= 15 is 0 Å². The first-order chi connectivity index (χ1) is 6.79. The summed E-state index contributed by atoms with van der Waals surface area (Å²) in [4.78, 5) is 4.08. The van der Waals surface area contributed by atoms with Crippen LogP contribution in [0, 0.1) is 6.92 Å². The molecule has 0 atom stereocenters. The predicted octanol–water partition coefficient (Wildman–Crippen LogP) is 3.49. The fraction of sp³-hybridized carbons (Fsp3) is 0.308. The van der Waals surface area contributed by atoms with Crippen molar-refractivity contribution in [1.29, 1.82) is 0 Å². The quantitative estimate of drug-likeness (QED) is 0.642. The molecule has 0 amide bonds. The predicted molar refractivity (Wildman–Crippen MR) is 63.9 cm³/mol. The second-order valence-electron chi connectivity index (χ2n) is 3.27. The molecule has 0 aliphatic rings. The van der Waals surface area contributed by atoms with Crippen molar-refractivity contribution < 1.29 is 0 Å². The van der Waals surface area contributed by atoms with Gasteiger partial charge in [0.25, 0.3) is 0 Å². The lowest BCUT2D eigenvalue weighted by atomic mass is 10.0. The number of rotatable bonds is 3. The summed E-state index contributed by atoms with van der Waals surface area (Å²) in [6, 6.07) is 8.39. The molecule has 0 radical (unpaired) electrons. The molecule has 0 aliphatic heterocycles. The van der Waals surface area contributed by atoms with Crippen LogP contribution in [0.3, 0.4) is 0 Å². The van der Waals surface area contributed by atoms with Crippen LogP contribution >= 0.6 is 0 Å². The second-order valence-corrected chi connectivity index (χ2v) is 3.27. The lowest BCUT2D eigenvalue weighted by Crippen LogP contribution is -1.89. The van der Waals surface area contributed by atoms with Crippen molar-refractivity contribution in [3.63, 3.8) is 0 Å². The third kappa shape index (κ3) is 2.56. The van der Waals surface area contributed by atoms with E-state index in [-0.39, 0.29) is 0 Å². The number of hydrogen-bond donors (Lipinski definition) is 0. The van der Waals surface area contributed by atoms with Gasteiger partial charge in [-0.3, -0.25) is 4.99 Å². The van der Waals surface area contributed by atoms with Gasteiger partial charge in [0.15, 0.2) is 0 Å².